The molecule has 94 valence electrons. The van der Waals surface area contributed by atoms with Crippen molar-refractivity contribution < 1.29 is 9.53 Å². The van der Waals surface area contributed by atoms with E-state index in [0.717, 1.165) is 24.6 Å². The molecule has 1 aliphatic heterocycles. The van der Waals surface area contributed by atoms with Crippen LogP contribution in [0.2, 0.25) is 0 Å². The van der Waals surface area contributed by atoms with Gasteiger partial charge in [-0.1, -0.05) is 18.3 Å². The first kappa shape index (κ1) is 12.2. The number of esters is 1. The minimum absolute atomic E-state index is 0.290. The summed E-state index contributed by atoms with van der Waals surface area (Å²) in [5.74, 6) is -0.0645. The van der Waals surface area contributed by atoms with Gasteiger partial charge in [-0.15, -0.1) is 0 Å². The normalized spacial score (nSPS) is 15.2. The van der Waals surface area contributed by atoms with Crippen molar-refractivity contribution in [3.05, 3.63) is 4.88 Å². The maximum absolute atomic E-state index is 11.7. The lowest BCUT2D eigenvalue weighted by molar-refractivity contribution is 0.0512. The number of carbonyl (C=O) groups excluding carboxylic acids is 1. The van der Waals surface area contributed by atoms with Gasteiger partial charge in [0.05, 0.1) is 6.61 Å². The van der Waals surface area contributed by atoms with Crippen molar-refractivity contribution in [1.82, 2.24) is 4.98 Å². The van der Waals surface area contributed by atoms with E-state index in [9.17, 15) is 4.79 Å². The zero-order valence-electron chi connectivity index (χ0n) is 9.94. The molecule has 1 aromatic rings. The van der Waals surface area contributed by atoms with Gasteiger partial charge in [-0.2, -0.15) is 0 Å². The Labute approximate surface area is 105 Å². The molecule has 0 bridgehead atoms. The van der Waals surface area contributed by atoms with Gasteiger partial charge in [0.25, 0.3) is 0 Å². The van der Waals surface area contributed by atoms with E-state index >= 15 is 0 Å². The molecule has 0 unspecified atom stereocenters. The Balaban J connectivity index is 2.09. The van der Waals surface area contributed by atoms with Gasteiger partial charge in [-0.05, 0) is 19.3 Å². The number of hydrogen-bond acceptors (Lipinski definition) is 6. The molecular formula is C11H17N3O2S. The van der Waals surface area contributed by atoms with Crippen molar-refractivity contribution in [2.75, 3.05) is 30.3 Å². The molecule has 17 heavy (non-hydrogen) atoms. The molecule has 2 N–H and O–H groups in total. The molecule has 1 aromatic heterocycles. The van der Waals surface area contributed by atoms with E-state index in [2.05, 4.69) is 9.88 Å². The molecule has 2 heterocycles. The first-order valence-electron chi connectivity index (χ1n) is 5.90. The summed E-state index contributed by atoms with van der Waals surface area (Å²) < 4.78 is 5.07. The number of thiazole rings is 1. The summed E-state index contributed by atoms with van der Waals surface area (Å²) in [4.78, 5) is 18.5. The van der Waals surface area contributed by atoms with Crippen LogP contribution in [0.15, 0.2) is 0 Å². The quantitative estimate of drug-likeness (QED) is 0.832. The summed E-state index contributed by atoms with van der Waals surface area (Å²) in [5, 5.41) is 0.837. The molecule has 0 saturated carbocycles. The Hall–Kier alpha value is -1.30. The Morgan fingerprint density at radius 1 is 1.53 bits per heavy atom. The second-order valence-electron chi connectivity index (χ2n) is 4.04. The van der Waals surface area contributed by atoms with Crippen LogP contribution in [-0.4, -0.2) is 30.6 Å². The molecule has 5 nitrogen and oxygen atoms in total. The van der Waals surface area contributed by atoms with Gasteiger partial charge in [0.2, 0.25) is 0 Å². The second-order valence-corrected chi connectivity index (χ2v) is 5.02. The average molecular weight is 255 g/mol. The second kappa shape index (κ2) is 5.35. The summed E-state index contributed by atoms with van der Waals surface area (Å²) in [6.45, 7) is 4.38. The number of carbonyl (C=O) groups is 1. The minimum Gasteiger partial charge on any atom is -0.461 e. The summed E-state index contributed by atoms with van der Waals surface area (Å²) in [5.41, 5.74) is 5.75. The van der Waals surface area contributed by atoms with Crippen molar-refractivity contribution in [2.45, 2.75) is 26.2 Å². The summed E-state index contributed by atoms with van der Waals surface area (Å²) in [6, 6.07) is 0. The number of anilines is 2. The number of nitrogens with two attached hydrogens (primary N) is 1. The predicted octanol–water partition coefficient (Wildman–Crippen LogP) is 1.89. The zero-order valence-corrected chi connectivity index (χ0v) is 10.8. The highest BCUT2D eigenvalue weighted by molar-refractivity contribution is 7.18. The Kier molecular flexibility index (Phi) is 3.83. The molecule has 6 heteroatoms. The van der Waals surface area contributed by atoms with Gasteiger partial charge in [-0.3, -0.25) is 0 Å². The summed E-state index contributed by atoms with van der Waals surface area (Å²) in [7, 11) is 0. The van der Waals surface area contributed by atoms with E-state index in [1.807, 2.05) is 6.92 Å². The van der Waals surface area contributed by atoms with Crippen LogP contribution in [0.25, 0.3) is 0 Å². The standard InChI is InChI=1S/C11H17N3O2S/c1-2-7-16-10(15)8-9(12)13-11(17-8)14-5-3-4-6-14/h2-7,12H2,1H3. The van der Waals surface area contributed by atoms with Gasteiger partial charge in [0.1, 0.15) is 0 Å². The topological polar surface area (TPSA) is 68.5 Å². The molecule has 1 fully saturated rings. The van der Waals surface area contributed by atoms with Crippen LogP contribution in [0.3, 0.4) is 0 Å². The highest BCUT2D eigenvalue weighted by atomic mass is 32.1. The van der Waals surface area contributed by atoms with Crippen LogP contribution in [0, 0.1) is 0 Å². The van der Waals surface area contributed by atoms with E-state index in [1.54, 1.807) is 0 Å². The van der Waals surface area contributed by atoms with E-state index in [1.165, 1.54) is 24.2 Å². The number of nitrogens with zero attached hydrogens (tertiary/aromatic N) is 2. The van der Waals surface area contributed by atoms with Crippen LogP contribution in [0.4, 0.5) is 10.9 Å². The number of hydrogen-bond donors (Lipinski definition) is 1. The zero-order chi connectivity index (χ0) is 12.3. The number of nitrogen functional groups attached to an aromatic ring is 1. The van der Waals surface area contributed by atoms with Crippen LogP contribution in [0.5, 0.6) is 0 Å². The Bertz CT molecular complexity index is 399. The molecule has 0 atom stereocenters. The van der Waals surface area contributed by atoms with Crippen LogP contribution < -0.4 is 10.6 Å². The van der Waals surface area contributed by atoms with Gasteiger partial charge in [0.15, 0.2) is 15.8 Å². The molecule has 0 aromatic carbocycles. The first-order chi connectivity index (χ1) is 8.22. The smallest absolute Gasteiger partial charge is 0.352 e. The molecule has 0 spiro atoms. The lowest BCUT2D eigenvalue weighted by Gasteiger charge is -2.11. The van der Waals surface area contributed by atoms with Crippen molar-refractivity contribution >= 4 is 28.3 Å². The average Bonchev–Trinajstić information content (AvgIpc) is 2.94. The molecule has 1 saturated heterocycles. The fraction of sp³-hybridized carbons (Fsp3) is 0.636. The van der Waals surface area contributed by atoms with Gasteiger partial charge in [-0.25, -0.2) is 9.78 Å². The van der Waals surface area contributed by atoms with E-state index in [4.69, 9.17) is 10.5 Å². The van der Waals surface area contributed by atoms with Crippen molar-refractivity contribution in [1.29, 1.82) is 0 Å². The SMILES string of the molecule is CCCOC(=O)c1sc(N2CCCC2)nc1N. The van der Waals surface area contributed by atoms with E-state index < -0.39 is 0 Å². The van der Waals surface area contributed by atoms with Gasteiger partial charge in [0, 0.05) is 13.1 Å². The van der Waals surface area contributed by atoms with Crippen molar-refractivity contribution in [2.24, 2.45) is 0 Å². The molecular weight excluding hydrogens is 238 g/mol. The molecule has 0 radical (unpaired) electrons. The Morgan fingerprint density at radius 2 is 2.24 bits per heavy atom. The lowest BCUT2D eigenvalue weighted by atomic mass is 10.4. The Morgan fingerprint density at radius 3 is 2.88 bits per heavy atom. The summed E-state index contributed by atoms with van der Waals surface area (Å²) in [6.07, 6.45) is 3.16. The molecule has 2 rings (SSSR count). The maximum atomic E-state index is 11.7. The third-order valence-corrected chi connectivity index (χ3v) is 3.75. The van der Waals surface area contributed by atoms with Crippen LogP contribution in [0.1, 0.15) is 35.9 Å². The third kappa shape index (κ3) is 2.69. The minimum atomic E-state index is -0.354. The van der Waals surface area contributed by atoms with Crippen LogP contribution in [-0.2, 0) is 4.74 Å². The highest BCUT2D eigenvalue weighted by Gasteiger charge is 2.22. The molecule has 1 aliphatic rings. The number of ether oxygens (including phenoxy) is 1. The van der Waals surface area contributed by atoms with Crippen LogP contribution >= 0.6 is 11.3 Å². The fourth-order valence-corrected chi connectivity index (χ4v) is 2.70. The summed E-state index contributed by atoms with van der Waals surface area (Å²) >= 11 is 1.33. The highest BCUT2D eigenvalue weighted by Crippen LogP contribution is 2.30. The van der Waals surface area contributed by atoms with Gasteiger partial charge >= 0.3 is 5.97 Å². The maximum Gasteiger partial charge on any atom is 0.352 e. The van der Waals surface area contributed by atoms with Crippen molar-refractivity contribution in [3.8, 4) is 0 Å². The largest absolute Gasteiger partial charge is 0.461 e. The predicted molar refractivity (Wildman–Crippen MR) is 68.5 cm³/mol. The van der Waals surface area contributed by atoms with E-state index in [-0.39, 0.29) is 11.8 Å². The van der Waals surface area contributed by atoms with E-state index in [0.29, 0.717) is 11.5 Å². The molecule has 0 aliphatic carbocycles. The molecule has 0 amide bonds. The first-order valence-corrected chi connectivity index (χ1v) is 6.72. The lowest BCUT2D eigenvalue weighted by Crippen LogP contribution is -2.17. The van der Waals surface area contributed by atoms with Gasteiger partial charge < -0.3 is 15.4 Å². The van der Waals surface area contributed by atoms with Crippen molar-refractivity contribution in [3.63, 3.8) is 0 Å². The number of aromatic nitrogens is 1. The number of rotatable bonds is 4. The monoisotopic (exact) mass is 255 g/mol. The third-order valence-electron chi connectivity index (χ3n) is 2.64. The fourth-order valence-electron chi connectivity index (χ4n) is 1.77.